The molecule has 1 saturated heterocycles. The molecule has 0 amide bonds. The van der Waals surface area contributed by atoms with E-state index in [9.17, 15) is 23.1 Å². The number of hydrogen-bond donors (Lipinski definition) is 4. The van der Waals surface area contributed by atoms with Crippen LogP contribution in [0, 0.1) is 0 Å². The number of rotatable bonds is 11. The zero-order valence-electron chi connectivity index (χ0n) is 16.9. The molecular weight excluding hydrogens is 400 g/mol. The van der Waals surface area contributed by atoms with Crippen LogP contribution in [-0.2, 0) is 11.0 Å². The zero-order chi connectivity index (χ0) is 22.4. The van der Waals surface area contributed by atoms with Gasteiger partial charge in [0.25, 0.3) is 0 Å². The summed E-state index contributed by atoms with van der Waals surface area (Å²) in [6.45, 7) is 1.13. The van der Waals surface area contributed by atoms with Gasteiger partial charge in [-0.2, -0.15) is 13.2 Å². The maximum Gasteiger partial charge on any atom is 0.451 e. The number of carbonyl (C=O) groups is 1. The van der Waals surface area contributed by atoms with Crippen LogP contribution < -0.4 is 5.73 Å². The van der Waals surface area contributed by atoms with Gasteiger partial charge < -0.3 is 20.9 Å². The van der Waals surface area contributed by atoms with Crippen LogP contribution in [-0.4, -0.2) is 51.8 Å². The Hall–Kier alpha value is -1.62. The summed E-state index contributed by atoms with van der Waals surface area (Å²) in [5, 5.41) is 27.3. The summed E-state index contributed by atoms with van der Waals surface area (Å²) >= 11 is 0. The Balaban J connectivity index is 1.97. The first-order valence-electron chi connectivity index (χ1n) is 10.3. The molecule has 30 heavy (non-hydrogen) atoms. The van der Waals surface area contributed by atoms with Gasteiger partial charge in [-0.3, -0.25) is 9.69 Å². The Labute approximate surface area is 175 Å². The van der Waals surface area contributed by atoms with Crippen molar-refractivity contribution in [1.29, 1.82) is 0 Å². The van der Waals surface area contributed by atoms with Crippen LogP contribution >= 0.6 is 0 Å². The first-order valence-corrected chi connectivity index (χ1v) is 10.3. The normalized spacial score (nSPS) is 19.6. The van der Waals surface area contributed by atoms with Crippen molar-refractivity contribution in [2.75, 3.05) is 13.1 Å². The van der Waals surface area contributed by atoms with Crippen molar-refractivity contribution in [2.45, 2.75) is 69.0 Å². The number of aliphatic carboxylic acids is 1. The molecule has 1 fully saturated rings. The predicted octanol–water partition coefficient (Wildman–Crippen LogP) is 3.05. The third kappa shape index (κ3) is 6.70. The minimum Gasteiger partial charge on any atom is -0.480 e. The van der Waals surface area contributed by atoms with Crippen molar-refractivity contribution < 1.29 is 33.1 Å². The standard InChI is InChI=1S/C20H30BF3N2O4/c22-20(23,24)16-8-2-1-7-15(16)17-9-5-13-26(17)14-6-11-19(25,18(27)28)10-3-4-12-21(29)30/h1-2,7-8,17,29-30H,3-6,9-14,25H2,(H,27,28). The van der Waals surface area contributed by atoms with Gasteiger partial charge in [-0.25, -0.2) is 0 Å². The highest BCUT2D eigenvalue weighted by atomic mass is 19.4. The Morgan fingerprint density at radius 1 is 1.17 bits per heavy atom. The van der Waals surface area contributed by atoms with E-state index in [4.69, 9.17) is 15.8 Å². The molecule has 5 N–H and O–H groups in total. The molecule has 2 atom stereocenters. The highest BCUT2D eigenvalue weighted by molar-refractivity contribution is 6.40. The molecule has 1 aromatic carbocycles. The van der Waals surface area contributed by atoms with Crippen molar-refractivity contribution >= 4 is 13.1 Å². The predicted molar refractivity (Wildman–Crippen MR) is 108 cm³/mol. The molecule has 0 aliphatic carbocycles. The fourth-order valence-electron chi connectivity index (χ4n) is 4.20. The number of nitrogens with two attached hydrogens (primary N) is 1. The molecule has 0 radical (unpaired) electrons. The average Bonchev–Trinajstić information content (AvgIpc) is 3.12. The van der Waals surface area contributed by atoms with E-state index in [2.05, 4.69) is 0 Å². The van der Waals surface area contributed by atoms with Crippen LogP contribution in [0.15, 0.2) is 24.3 Å². The molecule has 6 nitrogen and oxygen atoms in total. The molecule has 1 aliphatic heterocycles. The van der Waals surface area contributed by atoms with Crippen molar-refractivity contribution in [1.82, 2.24) is 4.90 Å². The number of nitrogens with zero attached hydrogens (tertiary/aromatic N) is 1. The third-order valence-electron chi connectivity index (χ3n) is 5.82. The molecule has 1 aliphatic rings. The van der Waals surface area contributed by atoms with E-state index in [0.29, 0.717) is 38.8 Å². The fourth-order valence-corrected chi connectivity index (χ4v) is 4.20. The molecule has 0 bridgehead atoms. The molecule has 2 rings (SSSR count). The number of alkyl halides is 3. The smallest absolute Gasteiger partial charge is 0.451 e. The number of likely N-dealkylation sites (tertiary alicyclic amines) is 1. The average molecular weight is 430 g/mol. The highest BCUT2D eigenvalue weighted by Gasteiger charge is 2.38. The van der Waals surface area contributed by atoms with Crippen molar-refractivity contribution in [3.05, 3.63) is 35.4 Å². The number of carboxylic acid groups (broad SMARTS) is 1. The second kappa shape index (κ2) is 10.6. The van der Waals surface area contributed by atoms with Gasteiger partial charge in [0.15, 0.2) is 0 Å². The fraction of sp³-hybridized carbons (Fsp3) is 0.650. The summed E-state index contributed by atoms with van der Waals surface area (Å²) in [5.41, 5.74) is 4.29. The second-order valence-corrected chi connectivity index (χ2v) is 8.07. The molecule has 1 aromatic rings. The van der Waals surface area contributed by atoms with Crippen LogP contribution in [0.25, 0.3) is 0 Å². The Morgan fingerprint density at radius 3 is 2.47 bits per heavy atom. The Morgan fingerprint density at radius 2 is 1.83 bits per heavy atom. The van der Waals surface area contributed by atoms with Crippen LogP contribution in [0.2, 0.25) is 6.32 Å². The lowest BCUT2D eigenvalue weighted by Crippen LogP contribution is -2.48. The maximum absolute atomic E-state index is 13.4. The van der Waals surface area contributed by atoms with E-state index in [0.717, 1.165) is 12.5 Å². The van der Waals surface area contributed by atoms with E-state index >= 15 is 0 Å². The van der Waals surface area contributed by atoms with Gasteiger partial charge in [0.1, 0.15) is 5.54 Å². The molecule has 0 aromatic heterocycles. The van der Waals surface area contributed by atoms with Crippen molar-refractivity contribution in [3.8, 4) is 0 Å². The molecule has 10 heteroatoms. The monoisotopic (exact) mass is 430 g/mol. The minimum absolute atomic E-state index is 0.157. The van der Waals surface area contributed by atoms with E-state index < -0.39 is 30.4 Å². The quantitative estimate of drug-likeness (QED) is 0.318. The lowest BCUT2D eigenvalue weighted by atomic mass is 9.81. The molecule has 0 spiro atoms. The molecule has 1 heterocycles. The summed E-state index contributed by atoms with van der Waals surface area (Å²) in [7, 11) is -1.42. The van der Waals surface area contributed by atoms with E-state index in [1.54, 1.807) is 6.07 Å². The van der Waals surface area contributed by atoms with Crippen molar-refractivity contribution in [2.24, 2.45) is 5.73 Å². The number of hydrogen-bond acceptors (Lipinski definition) is 5. The first-order chi connectivity index (χ1) is 14.0. The zero-order valence-corrected chi connectivity index (χ0v) is 16.9. The minimum atomic E-state index is -4.41. The molecule has 2 unspecified atom stereocenters. The third-order valence-corrected chi connectivity index (χ3v) is 5.82. The number of unbranched alkanes of at least 4 members (excludes halogenated alkanes) is 1. The summed E-state index contributed by atoms with van der Waals surface area (Å²) in [5.74, 6) is -1.12. The summed E-state index contributed by atoms with van der Waals surface area (Å²) in [4.78, 5) is 13.6. The number of halogens is 3. The largest absolute Gasteiger partial charge is 0.480 e. The summed E-state index contributed by atoms with van der Waals surface area (Å²) in [6, 6.07) is 5.28. The lowest BCUT2D eigenvalue weighted by molar-refractivity contribution is -0.144. The summed E-state index contributed by atoms with van der Waals surface area (Å²) in [6.07, 6.45) is -1.08. The van der Waals surface area contributed by atoms with Gasteiger partial charge in [0.05, 0.1) is 5.56 Å². The Bertz CT molecular complexity index is 705. The molecular formula is C20H30BF3N2O4. The van der Waals surface area contributed by atoms with Crippen LogP contribution in [0.1, 0.15) is 62.1 Å². The van der Waals surface area contributed by atoms with Gasteiger partial charge in [0.2, 0.25) is 0 Å². The van der Waals surface area contributed by atoms with Crippen LogP contribution in [0.3, 0.4) is 0 Å². The van der Waals surface area contributed by atoms with E-state index in [1.807, 2.05) is 4.90 Å². The number of benzene rings is 1. The topological polar surface area (TPSA) is 107 Å². The van der Waals surface area contributed by atoms with Gasteiger partial charge in [-0.1, -0.05) is 31.0 Å². The van der Waals surface area contributed by atoms with Crippen LogP contribution in [0.4, 0.5) is 13.2 Å². The first kappa shape index (κ1) is 24.7. The second-order valence-electron chi connectivity index (χ2n) is 8.07. The summed E-state index contributed by atoms with van der Waals surface area (Å²) < 4.78 is 40.2. The lowest BCUT2D eigenvalue weighted by Gasteiger charge is -2.29. The Kier molecular flexibility index (Phi) is 8.72. The molecule has 0 saturated carbocycles. The van der Waals surface area contributed by atoms with E-state index in [1.165, 1.54) is 12.1 Å². The highest BCUT2D eigenvalue weighted by Crippen LogP contribution is 2.40. The van der Waals surface area contributed by atoms with Gasteiger partial charge in [0, 0.05) is 6.04 Å². The van der Waals surface area contributed by atoms with Gasteiger partial charge in [-0.15, -0.1) is 0 Å². The maximum atomic E-state index is 13.4. The van der Waals surface area contributed by atoms with Crippen molar-refractivity contribution in [3.63, 3.8) is 0 Å². The van der Waals surface area contributed by atoms with E-state index in [-0.39, 0.29) is 30.8 Å². The SMILES string of the molecule is NC(CCCCB(O)O)(CCCN1CCCC1c1ccccc1C(F)(F)F)C(=O)O. The number of carboxylic acids is 1. The van der Waals surface area contributed by atoms with Gasteiger partial charge >= 0.3 is 19.3 Å². The van der Waals surface area contributed by atoms with Gasteiger partial charge in [-0.05, 0) is 63.1 Å². The molecule has 168 valence electrons. The van der Waals surface area contributed by atoms with Crippen LogP contribution in [0.5, 0.6) is 0 Å².